The third-order valence-electron chi connectivity index (χ3n) is 5.59. The highest BCUT2D eigenvalue weighted by atomic mass is 79.9. The number of halogens is 1. The highest BCUT2D eigenvalue weighted by molar-refractivity contribution is 9.10. The summed E-state index contributed by atoms with van der Waals surface area (Å²) < 4.78 is 13.1. The highest BCUT2D eigenvalue weighted by Crippen LogP contribution is 2.39. The van der Waals surface area contributed by atoms with Crippen LogP contribution in [0.25, 0.3) is 0 Å². The second-order valence-electron chi connectivity index (χ2n) is 10.4. The molecule has 1 fully saturated rings. The van der Waals surface area contributed by atoms with Gasteiger partial charge in [-0.25, -0.2) is 9.69 Å². The number of carbonyl (C=O) groups excluding carboxylic acids is 2. The van der Waals surface area contributed by atoms with E-state index in [2.05, 4.69) is 61.6 Å². The molecular formula is C24H34BrNO4Si. The van der Waals surface area contributed by atoms with Gasteiger partial charge in [0.2, 0.25) is 5.91 Å². The summed E-state index contributed by atoms with van der Waals surface area (Å²) in [6, 6.07) is 6.90. The van der Waals surface area contributed by atoms with E-state index in [0.29, 0.717) is 6.42 Å². The number of amides is 2. The lowest BCUT2D eigenvalue weighted by Gasteiger charge is -2.44. The largest absolute Gasteiger partial charge is 0.443 e. The summed E-state index contributed by atoms with van der Waals surface area (Å²) in [6.45, 7) is 16.2. The molecule has 0 unspecified atom stereocenters. The molecule has 0 saturated carbocycles. The van der Waals surface area contributed by atoms with Crippen molar-refractivity contribution in [3.63, 3.8) is 0 Å². The smallest absolute Gasteiger partial charge is 0.418 e. The fourth-order valence-electron chi connectivity index (χ4n) is 2.92. The van der Waals surface area contributed by atoms with Gasteiger partial charge in [0.1, 0.15) is 11.6 Å². The molecule has 0 aliphatic carbocycles. The van der Waals surface area contributed by atoms with E-state index in [-0.39, 0.29) is 23.5 Å². The summed E-state index contributed by atoms with van der Waals surface area (Å²) in [5, 5.41) is -0.00507. The quantitative estimate of drug-likeness (QED) is 0.357. The number of nitrogens with zero attached hydrogens (tertiary/aromatic N) is 1. The Hall–Kier alpha value is -1.62. The standard InChI is InChI=1S/C24H34BrNO4Si/c1-23(2,3)29-22(28)26-19(14-11-17-9-12-18(25)13-10-17)20(15-16-21(26)27)30-31(7,8)24(4,5)6/h9-10,12-13,19-20H,15-16H2,1-8H3/t19-,20+/m1/s1. The van der Waals surface area contributed by atoms with Gasteiger partial charge >= 0.3 is 6.09 Å². The summed E-state index contributed by atoms with van der Waals surface area (Å²) in [7, 11) is -2.15. The summed E-state index contributed by atoms with van der Waals surface area (Å²) in [5.41, 5.74) is 0.0882. The summed E-state index contributed by atoms with van der Waals surface area (Å²) in [6.07, 6.45) is -0.260. The zero-order chi connectivity index (χ0) is 23.6. The Kier molecular flexibility index (Phi) is 7.84. The van der Waals surface area contributed by atoms with Crippen LogP contribution < -0.4 is 0 Å². The molecule has 2 rings (SSSR count). The highest BCUT2D eigenvalue weighted by Gasteiger charge is 2.46. The van der Waals surface area contributed by atoms with Gasteiger partial charge in [0.15, 0.2) is 8.32 Å². The number of ether oxygens (including phenoxy) is 1. The SMILES string of the molecule is CC(C)(C)OC(=O)N1C(=O)CC[C@H](O[Si](C)(C)C(C)(C)C)[C@H]1C#Cc1ccc(Br)cc1. The summed E-state index contributed by atoms with van der Waals surface area (Å²) in [5.74, 6) is 6.01. The number of carbonyl (C=O) groups is 2. The van der Waals surface area contributed by atoms with Gasteiger partial charge < -0.3 is 9.16 Å². The van der Waals surface area contributed by atoms with E-state index in [9.17, 15) is 9.59 Å². The Labute approximate surface area is 196 Å². The molecule has 1 saturated heterocycles. The van der Waals surface area contributed by atoms with Crippen LogP contribution in [0.5, 0.6) is 0 Å². The number of imide groups is 1. The number of piperidine rings is 1. The monoisotopic (exact) mass is 507 g/mol. The van der Waals surface area contributed by atoms with Gasteiger partial charge in [-0.15, -0.1) is 0 Å². The lowest BCUT2D eigenvalue weighted by atomic mass is 9.98. The van der Waals surface area contributed by atoms with Crippen LogP contribution in [0.3, 0.4) is 0 Å². The predicted octanol–water partition coefficient (Wildman–Crippen LogP) is 6.12. The van der Waals surface area contributed by atoms with Crippen molar-refractivity contribution in [1.29, 1.82) is 0 Å². The molecule has 0 aromatic heterocycles. The van der Waals surface area contributed by atoms with Crippen LogP contribution in [-0.4, -0.2) is 43.0 Å². The molecule has 0 radical (unpaired) electrons. The van der Waals surface area contributed by atoms with Crippen molar-refractivity contribution in [1.82, 2.24) is 4.90 Å². The number of benzene rings is 1. The van der Waals surface area contributed by atoms with Gasteiger partial charge in [0.05, 0.1) is 6.10 Å². The Morgan fingerprint density at radius 2 is 1.71 bits per heavy atom. The normalized spacial score (nSPS) is 20.2. The van der Waals surface area contributed by atoms with E-state index < -0.39 is 26.1 Å². The number of likely N-dealkylation sites (tertiary alicyclic amines) is 1. The minimum Gasteiger partial charge on any atom is -0.443 e. The van der Waals surface area contributed by atoms with Crippen LogP contribution >= 0.6 is 15.9 Å². The Bertz CT molecular complexity index is 872. The second-order valence-corrected chi connectivity index (χ2v) is 16.1. The Morgan fingerprint density at radius 1 is 1.13 bits per heavy atom. The van der Waals surface area contributed by atoms with Crippen molar-refractivity contribution < 1.29 is 18.8 Å². The number of hydrogen-bond acceptors (Lipinski definition) is 4. The van der Waals surface area contributed by atoms with E-state index >= 15 is 0 Å². The molecule has 5 nitrogen and oxygen atoms in total. The van der Waals surface area contributed by atoms with Crippen LogP contribution in [0.15, 0.2) is 28.7 Å². The molecular weight excluding hydrogens is 474 g/mol. The molecule has 0 bridgehead atoms. The maximum Gasteiger partial charge on any atom is 0.418 e. The Balaban J connectivity index is 2.45. The predicted molar refractivity (Wildman–Crippen MR) is 129 cm³/mol. The van der Waals surface area contributed by atoms with Gasteiger partial charge in [-0.2, -0.15) is 0 Å². The fourth-order valence-corrected chi connectivity index (χ4v) is 4.54. The molecule has 1 aliphatic rings. The minimum atomic E-state index is -2.15. The molecule has 1 aromatic rings. The topological polar surface area (TPSA) is 55.8 Å². The van der Waals surface area contributed by atoms with Gasteiger partial charge in [-0.1, -0.05) is 48.5 Å². The number of rotatable bonds is 2. The van der Waals surface area contributed by atoms with E-state index in [0.717, 1.165) is 10.0 Å². The fraction of sp³-hybridized carbons (Fsp3) is 0.583. The van der Waals surface area contributed by atoms with Crippen LogP contribution in [0, 0.1) is 11.8 Å². The van der Waals surface area contributed by atoms with Crippen LogP contribution in [0.4, 0.5) is 4.79 Å². The van der Waals surface area contributed by atoms with Crippen molar-refractivity contribution in [2.75, 3.05) is 0 Å². The first-order valence-electron chi connectivity index (χ1n) is 10.6. The average molecular weight is 509 g/mol. The van der Waals surface area contributed by atoms with Crippen molar-refractivity contribution >= 4 is 36.2 Å². The van der Waals surface area contributed by atoms with Gasteiger partial charge in [-0.05, 0) is 69.6 Å². The molecule has 1 heterocycles. The van der Waals surface area contributed by atoms with Crippen molar-refractivity contribution in [3.8, 4) is 11.8 Å². The van der Waals surface area contributed by atoms with Crippen molar-refractivity contribution in [3.05, 3.63) is 34.3 Å². The molecule has 2 atom stereocenters. The van der Waals surface area contributed by atoms with Gasteiger partial charge in [0, 0.05) is 16.5 Å². The molecule has 1 aromatic carbocycles. The Morgan fingerprint density at radius 3 is 2.23 bits per heavy atom. The maximum atomic E-state index is 13.0. The van der Waals surface area contributed by atoms with E-state index in [1.165, 1.54) is 4.90 Å². The molecule has 31 heavy (non-hydrogen) atoms. The molecule has 1 aliphatic heterocycles. The van der Waals surface area contributed by atoms with Crippen molar-refractivity contribution in [2.24, 2.45) is 0 Å². The lowest BCUT2D eigenvalue weighted by molar-refractivity contribution is -0.137. The van der Waals surface area contributed by atoms with Crippen LogP contribution in [0.1, 0.15) is 59.9 Å². The molecule has 7 heteroatoms. The summed E-state index contributed by atoms with van der Waals surface area (Å²) in [4.78, 5) is 26.9. The first kappa shape index (κ1) is 25.6. The average Bonchev–Trinajstić information content (AvgIpc) is 2.60. The minimum absolute atomic E-state index is 0.00507. The van der Waals surface area contributed by atoms with E-state index in [1.54, 1.807) is 20.8 Å². The maximum absolute atomic E-state index is 13.0. The van der Waals surface area contributed by atoms with Gasteiger partial charge in [-0.3, -0.25) is 4.79 Å². The third-order valence-corrected chi connectivity index (χ3v) is 10.6. The van der Waals surface area contributed by atoms with E-state index in [4.69, 9.17) is 9.16 Å². The second kappa shape index (κ2) is 9.48. The van der Waals surface area contributed by atoms with Crippen LogP contribution in [0.2, 0.25) is 18.1 Å². The molecule has 2 amide bonds. The number of hydrogen-bond donors (Lipinski definition) is 0. The van der Waals surface area contributed by atoms with Crippen molar-refractivity contribution in [2.45, 2.75) is 90.3 Å². The first-order chi connectivity index (χ1) is 14.1. The zero-order valence-electron chi connectivity index (χ0n) is 19.8. The van der Waals surface area contributed by atoms with Crippen LogP contribution in [-0.2, 0) is 14.0 Å². The lowest BCUT2D eigenvalue weighted by Crippen LogP contribution is -2.58. The summed E-state index contributed by atoms with van der Waals surface area (Å²) >= 11 is 3.42. The first-order valence-corrected chi connectivity index (χ1v) is 14.3. The zero-order valence-corrected chi connectivity index (χ0v) is 22.4. The molecule has 0 spiro atoms. The van der Waals surface area contributed by atoms with E-state index in [1.807, 2.05) is 24.3 Å². The van der Waals surface area contributed by atoms with Gasteiger partial charge in [0.25, 0.3) is 0 Å². The third kappa shape index (κ3) is 6.93. The molecule has 170 valence electrons. The molecule has 0 N–H and O–H groups in total.